The van der Waals surface area contributed by atoms with E-state index < -0.39 is 15.5 Å². The molecular weight excluding hydrogens is 272 g/mol. The number of nitrogens with two attached hydrogens (primary N) is 1. The van der Waals surface area contributed by atoms with Gasteiger partial charge in [-0.15, -0.1) is 0 Å². The highest BCUT2D eigenvalue weighted by Crippen LogP contribution is 2.24. The fourth-order valence-corrected chi connectivity index (χ4v) is 2.07. The molecule has 6 heteroatoms. The Balaban J connectivity index is 2.71. The molecule has 4 nitrogen and oxygen atoms in total. The van der Waals surface area contributed by atoms with Crippen LogP contribution >= 0.6 is 11.6 Å². The molecule has 1 amide bonds. The highest BCUT2D eigenvalue weighted by molar-refractivity contribution is 7.87. The summed E-state index contributed by atoms with van der Waals surface area (Å²) in [5.74, 6) is -0.398. The number of amides is 1. The Morgan fingerprint density at radius 2 is 2.06 bits per heavy atom. The molecule has 1 aromatic carbocycles. The van der Waals surface area contributed by atoms with Gasteiger partial charge in [-0.25, -0.2) is 0 Å². The van der Waals surface area contributed by atoms with Gasteiger partial charge in [0.2, 0.25) is 5.91 Å². The summed E-state index contributed by atoms with van der Waals surface area (Å²) >= 11 is 5.92. The van der Waals surface area contributed by atoms with E-state index in [1.54, 1.807) is 18.2 Å². The number of rotatable bonds is 3. The van der Waals surface area contributed by atoms with Gasteiger partial charge in [0.1, 0.15) is 5.75 Å². The van der Waals surface area contributed by atoms with Gasteiger partial charge >= 0.3 is 0 Å². The average molecular weight is 289 g/mol. The molecule has 1 aromatic rings. The van der Waals surface area contributed by atoms with Gasteiger partial charge in [0.05, 0.1) is 10.7 Å². The Labute approximate surface area is 114 Å². The Kier molecular flexibility index (Phi) is 4.76. The quantitative estimate of drug-likeness (QED) is 0.839. The van der Waals surface area contributed by atoms with Gasteiger partial charge in [0.15, 0.2) is 0 Å². The van der Waals surface area contributed by atoms with Gasteiger partial charge in [-0.1, -0.05) is 11.6 Å². The lowest BCUT2D eigenvalue weighted by molar-refractivity contribution is -0.113. The third kappa shape index (κ3) is 4.31. The molecule has 0 aliphatic heterocycles. The molecule has 3 N–H and O–H groups in total. The van der Waals surface area contributed by atoms with E-state index in [1.807, 2.05) is 20.8 Å². The maximum Gasteiger partial charge on any atom is 0.237 e. The molecule has 0 aliphatic carbocycles. The fraction of sp³-hybridized carbons (Fsp3) is 0.417. The van der Waals surface area contributed by atoms with E-state index in [0.29, 0.717) is 16.4 Å². The molecule has 0 spiro atoms. The third-order valence-corrected chi connectivity index (χ3v) is 4.43. The molecular formula is C12H17ClN2O2S. The first-order valence-corrected chi connectivity index (χ1v) is 7.13. The molecule has 1 atom stereocenters. The number of nitrogen functional groups attached to an aromatic ring is 1. The third-order valence-electron chi connectivity index (χ3n) is 2.21. The van der Waals surface area contributed by atoms with E-state index in [9.17, 15) is 9.00 Å². The van der Waals surface area contributed by atoms with E-state index in [2.05, 4.69) is 5.32 Å². The predicted octanol–water partition coefficient (Wildman–Crippen LogP) is 2.41. The lowest BCUT2D eigenvalue weighted by Crippen LogP contribution is -2.30. The first kappa shape index (κ1) is 15.0. The monoisotopic (exact) mass is 288 g/mol. The van der Waals surface area contributed by atoms with Crippen LogP contribution in [-0.2, 0) is 15.6 Å². The smallest absolute Gasteiger partial charge is 0.237 e. The zero-order valence-corrected chi connectivity index (χ0v) is 12.2. The zero-order chi connectivity index (χ0) is 13.9. The molecule has 0 aromatic heterocycles. The minimum atomic E-state index is -1.24. The van der Waals surface area contributed by atoms with Gasteiger partial charge in [-0.3, -0.25) is 9.00 Å². The minimum absolute atomic E-state index is 0.0609. The Bertz CT molecular complexity index is 483. The van der Waals surface area contributed by atoms with Gasteiger partial charge < -0.3 is 11.1 Å². The van der Waals surface area contributed by atoms with Crippen LogP contribution in [-0.4, -0.2) is 20.6 Å². The Morgan fingerprint density at radius 3 is 2.61 bits per heavy atom. The van der Waals surface area contributed by atoms with Gasteiger partial charge in [-0.05, 0) is 39.0 Å². The Morgan fingerprint density at radius 1 is 1.44 bits per heavy atom. The number of carbonyl (C=O) groups excluding carboxylic acids is 1. The van der Waals surface area contributed by atoms with Crippen LogP contribution in [0.4, 0.5) is 11.4 Å². The fourth-order valence-electron chi connectivity index (χ4n) is 1.16. The second-order valence-corrected chi connectivity index (χ2v) is 7.50. The summed E-state index contributed by atoms with van der Waals surface area (Å²) in [5, 5.41) is 3.01. The minimum Gasteiger partial charge on any atom is -0.399 e. The second-order valence-electron chi connectivity index (χ2n) is 4.89. The summed E-state index contributed by atoms with van der Waals surface area (Å²) in [4.78, 5) is 11.7. The first-order chi connectivity index (χ1) is 8.20. The topological polar surface area (TPSA) is 72.2 Å². The van der Waals surface area contributed by atoms with Crippen LogP contribution in [0, 0.1) is 0 Å². The van der Waals surface area contributed by atoms with E-state index in [0.717, 1.165) is 0 Å². The van der Waals surface area contributed by atoms with Crippen LogP contribution in [0.5, 0.6) is 0 Å². The number of benzene rings is 1. The maximum absolute atomic E-state index is 11.8. The van der Waals surface area contributed by atoms with E-state index in [4.69, 9.17) is 17.3 Å². The molecule has 0 saturated heterocycles. The van der Waals surface area contributed by atoms with Crippen LogP contribution in [0.25, 0.3) is 0 Å². The average Bonchev–Trinajstić information content (AvgIpc) is 2.22. The molecule has 0 radical (unpaired) electrons. The van der Waals surface area contributed by atoms with Crippen molar-refractivity contribution in [2.75, 3.05) is 16.8 Å². The Hall–Kier alpha value is -1.07. The van der Waals surface area contributed by atoms with Gasteiger partial charge in [0, 0.05) is 21.2 Å². The summed E-state index contributed by atoms with van der Waals surface area (Å²) < 4.78 is 11.4. The van der Waals surface area contributed by atoms with Gasteiger partial charge in [-0.2, -0.15) is 0 Å². The summed E-state index contributed by atoms with van der Waals surface area (Å²) in [6.45, 7) is 5.47. The number of hydrogen-bond acceptors (Lipinski definition) is 3. The van der Waals surface area contributed by atoms with Crippen molar-refractivity contribution in [2.45, 2.75) is 25.5 Å². The van der Waals surface area contributed by atoms with Gasteiger partial charge in [0.25, 0.3) is 0 Å². The second kappa shape index (κ2) is 5.71. The molecule has 100 valence electrons. The summed E-state index contributed by atoms with van der Waals surface area (Å²) in [6, 6.07) is 4.82. The SMILES string of the molecule is CC(C)(C)S(=O)CC(=O)Nc1cc(N)ccc1Cl. The van der Waals surface area contributed by atoms with Crippen molar-refractivity contribution >= 4 is 39.7 Å². The van der Waals surface area contributed by atoms with E-state index in [-0.39, 0.29) is 11.7 Å². The lowest BCUT2D eigenvalue weighted by Gasteiger charge is -2.17. The lowest BCUT2D eigenvalue weighted by atomic mass is 10.3. The molecule has 1 unspecified atom stereocenters. The number of halogens is 1. The van der Waals surface area contributed by atoms with Crippen molar-refractivity contribution in [1.29, 1.82) is 0 Å². The molecule has 0 saturated carbocycles. The number of carbonyl (C=O) groups is 1. The van der Waals surface area contributed by atoms with Crippen LogP contribution < -0.4 is 11.1 Å². The van der Waals surface area contributed by atoms with Crippen molar-refractivity contribution in [3.8, 4) is 0 Å². The predicted molar refractivity (Wildman–Crippen MR) is 77.3 cm³/mol. The normalized spacial score (nSPS) is 13.1. The van der Waals surface area contributed by atoms with Crippen molar-refractivity contribution in [1.82, 2.24) is 0 Å². The molecule has 0 heterocycles. The van der Waals surface area contributed by atoms with E-state index in [1.165, 1.54) is 0 Å². The maximum atomic E-state index is 11.8. The van der Waals surface area contributed by atoms with E-state index >= 15 is 0 Å². The van der Waals surface area contributed by atoms with Crippen LogP contribution in [0.2, 0.25) is 5.02 Å². The van der Waals surface area contributed by atoms with Crippen LogP contribution in [0.1, 0.15) is 20.8 Å². The van der Waals surface area contributed by atoms with Crippen molar-refractivity contribution in [3.63, 3.8) is 0 Å². The summed E-state index contributed by atoms with van der Waals surface area (Å²) in [7, 11) is -1.24. The summed E-state index contributed by atoms with van der Waals surface area (Å²) in [5.41, 5.74) is 6.55. The first-order valence-electron chi connectivity index (χ1n) is 5.43. The molecule has 0 aliphatic rings. The van der Waals surface area contributed by atoms with Crippen LogP contribution in [0.3, 0.4) is 0 Å². The number of anilines is 2. The number of hydrogen-bond donors (Lipinski definition) is 2. The van der Waals surface area contributed by atoms with Crippen molar-refractivity contribution < 1.29 is 9.00 Å². The zero-order valence-electron chi connectivity index (χ0n) is 10.6. The van der Waals surface area contributed by atoms with Crippen molar-refractivity contribution in [3.05, 3.63) is 23.2 Å². The molecule has 0 fully saturated rings. The summed E-state index contributed by atoms with van der Waals surface area (Å²) in [6.07, 6.45) is 0. The van der Waals surface area contributed by atoms with Crippen LogP contribution in [0.15, 0.2) is 18.2 Å². The molecule has 1 rings (SSSR count). The number of nitrogens with one attached hydrogen (secondary N) is 1. The largest absolute Gasteiger partial charge is 0.399 e. The van der Waals surface area contributed by atoms with Crippen molar-refractivity contribution in [2.24, 2.45) is 0 Å². The standard InChI is InChI=1S/C12H17ClN2O2S/c1-12(2,3)18(17)7-11(16)15-10-6-8(14)4-5-9(10)13/h4-6H,7,14H2,1-3H3,(H,15,16). The highest BCUT2D eigenvalue weighted by Gasteiger charge is 2.22. The molecule has 0 bridgehead atoms. The highest BCUT2D eigenvalue weighted by atomic mass is 35.5. The molecule has 18 heavy (non-hydrogen) atoms.